The average Bonchev–Trinajstić information content (AvgIpc) is 3.20. The summed E-state index contributed by atoms with van der Waals surface area (Å²) in [5, 5.41) is 12.9. The number of hydrogen-bond donors (Lipinski definition) is 1. The molecule has 7 heteroatoms. The summed E-state index contributed by atoms with van der Waals surface area (Å²) in [6.07, 6.45) is 0.564. The van der Waals surface area contributed by atoms with Crippen LogP contribution in [0.1, 0.15) is 17.3 Å². The van der Waals surface area contributed by atoms with Crippen molar-refractivity contribution in [1.82, 2.24) is 9.55 Å². The van der Waals surface area contributed by atoms with Gasteiger partial charge in [-0.05, 0) is 36.8 Å². The van der Waals surface area contributed by atoms with Crippen LogP contribution in [0.5, 0.6) is 5.75 Å². The van der Waals surface area contributed by atoms with Crippen LogP contribution in [-0.4, -0.2) is 33.2 Å². The Hall–Kier alpha value is -3.29. The molecule has 0 spiro atoms. The Labute approximate surface area is 177 Å². The second kappa shape index (κ2) is 8.61. The fraction of sp³-hybridized carbons (Fsp3) is 0.174. The number of ketones is 1. The van der Waals surface area contributed by atoms with Crippen molar-refractivity contribution in [2.75, 3.05) is 6.61 Å². The number of carbonyl (C=O) groups is 1. The molecule has 0 radical (unpaired) electrons. The number of Topliss-reactive ketones (excluding diaryl/α,β-unsaturated/α-hetero) is 1. The molecule has 2 aromatic heterocycles. The fourth-order valence-electron chi connectivity index (χ4n) is 3.19. The number of aliphatic hydroxyl groups excluding tert-OH is 1. The summed E-state index contributed by atoms with van der Waals surface area (Å²) in [4.78, 5) is 29.4. The van der Waals surface area contributed by atoms with E-state index in [9.17, 15) is 14.7 Å². The first kappa shape index (κ1) is 20.0. The summed E-state index contributed by atoms with van der Waals surface area (Å²) >= 11 is 1.43. The van der Waals surface area contributed by atoms with Gasteiger partial charge < -0.3 is 9.84 Å². The standard InChI is InChI=1S/C23H20N2O4S/c1-15(26)16-7-9-19(10-8-16)29-12-18(27)11-25-14-24-22-21(23(25)28)20(13-30-22)17-5-3-2-4-6-17/h2-10,13-14,18,27H,11-12H2,1H3/t18-/m0/s1. The van der Waals surface area contributed by atoms with Gasteiger partial charge in [0.05, 0.1) is 18.3 Å². The van der Waals surface area contributed by atoms with Crippen LogP contribution in [0.4, 0.5) is 0 Å². The van der Waals surface area contributed by atoms with Crippen LogP contribution in [0.15, 0.2) is 71.1 Å². The average molecular weight is 420 g/mol. The minimum Gasteiger partial charge on any atom is -0.491 e. The maximum atomic E-state index is 13.0. The Morgan fingerprint density at radius 3 is 2.60 bits per heavy atom. The second-order valence-electron chi connectivity index (χ2n) is 6.94. The molecule has 0 aliphatic rings. The van der Waals surface area contributed by atoms with Gasteiger partial charge in [0.15, 0.2) is 5.78 Å². The number of fused-ring (bicyclic) bond motifs is 1. The quantitative estimate of drug-likeness (QED) is 0.460. The number of benzene rings is 2. The number of thiophene rings is 1. The van der Waals surface area contributed by atoms with E-state index >= 15 is 0 Å². The van der Waals surface area contributed by atoms with Gasteiger partial charge in [-0.15, -0.1) is 11.3 Å². The van der Waals surface area contributed by atoms with Gasteiger partial charge in [-0.1, -0.05) is 30.3 Å². The molecule has 2 aromatic carbocycles. The molecule has 30 heavy (non-hydrogen) atoms. The van der Waals surface area contributed by atoms with Crippen molar-refractivity contribution in [2.45, 2.75) is 19.6 Å². The van der Waals surface area contributed by atoms with Crippen molar-refractivity contribution >= 4 is 27.3 Å². The Bertz CT molecular complexity index is 1230. The molecule has 2 heterocycles. The van der Waals surface area contributed by atoms with E-state index in [2.05, 4.69) is 4.98 Å². The van der Waals surface area contributed by atoms with Crippen LogP contribution >= 0.6 is 11.3 Å². The van der Waals surface area contributed by atoms with Crippen molar-refractivity contribution in [1.29, 1.82) is 0 Å². The van der Waals surface area contributed by atoms with Crippen LogP contribution in [0, 0.1) is 0 Å². The van der Waals surface area contributed by atoms with Crippen LogP contribution in [0.25, 0.3) is 21.3 Å². The van der Waals surface area contributed by atoms with Crippen molar-refractivity contribution in [3.8, 4) is 16.9 Å². The number of aromatic nitrogens is 2. The van der Waals surface area contributed by atoms with Crippen LogP contribution in [0.3, 0.4) is 0 Å². The summed E-state index contributed by atoms with van der Waals surface area (Å²) in [6.45, 7) is 1.58. The molecule has 0 bridgehead atoms. The van der Waals surface area contributed by atoms with Crippen LogP contribution < -0.4 is 10.3 Å². The lowest BCUT2D eigenvalue weighted by Gasteiger charge is -2.14. The topological polar surface area (TPSA) is 81.4 Å². The largest absolute Gasteiger partial charge is 0.491 e. The van der Waals surface area contributed by atoms with Gasteiger partial charge in [-0.2, -0.15) is 0 Å². The Morgan fingerprint density at radius 1 is 1.17 bits per heavy atom. The monoisotopic (exact) mass is 420 g/mol. The minimum atomic E-state index is -0.895. The molecule has 4 aromatic rings. The predicted octanol–water partition coefficient (Wildman–Crippen LogP) is 3.77. The zero-order valence-electron chi connectivity index (χ0n) is 16.3. The number of hydrogen-bond acceptors (Lipinski definition) is 6. The van der Waals surface area contributed by atoms with E-state index in [1.807, 2.05) is 35.7 Å². The Balaban J connectivity index is 1.50. The third kappa shape index (κ3) is 4.17. The van der Waals surface area contributed by atoms with E-state index in [1.165, 1.54) is 29.2 Å². The van der Waals surface area contributed by atoms with Gasteiger partial charge in [0.25, 0.3) is 5.56 Å². The van der Waals surface area contributed by atoms with E-state index in [4.69, 9.17) is 4.74 Å². The van der Waals surface area contributed by atoms with Crippen molar-refractivity contribution in [3.05, 3.63) is 82.2 Å². The van der Waals surface area contributed by atoms with E-state index in [0.29, 0.717) is 21.5 Å². The van der Waals surface area contributed by atoms with Gasteiger partial charge in [0.1, 0.15) is 23.3 Å². The van der Waals surface area contributed by atoms with E-state index < -0.39 is 6.10 Å². The first-order valence-corrected chi connectivity index (χ1v) is 10.3. The molecule has 0 saturated carbocycles. The first-order chi connectivity index (χ1) is 14.5. The van der Waals surface area contributed by atoms with E-state index in [1.54, 1.807) is 24.3 Å². The summed E-state index contributed by atoms with van der Waals surface area (Å²) in [5.41, 5.74) is 2.21. The molecule has 1 N–H and O–H groups in total. The lowest BCUT2D eigenvalue weighted by atomic mass is 10.1. The van der Waals surface area contributed by atoms with Gasteiger partial charge in [0.2, 0.25) is 0 Å². The Kier molecular flexibility index (Phi) is 5.74. The van der Waals surface area contributed by atoms with Crippen LogP contribution in [-0.2, 0) is 6.54 Å². The first-order valence-electron chi connectivity index (χ1n) is 9.47. The highest BCUT2D eigenvalue weighted by Crippen LogP contribution is 2.30. The number of aliphatic hydroxyl groups is 1. The molecule has 0 saturated heterocycles. The maximum Gasteiger partial charge on any atom is 0.262 e. The molecule has 0 amide bonds. The molecule has 0 aliphatic heterocycles. The smallest absolute Gasteiger partial charge is 0.262 e. The molecule has 0 fully saturated rings. The number of rotatable bonds is 7. The maximum absolute atomic E-state index is 13.0. The summed E-state index contributed by atoms with van der Waals surface area (Å²) in [5.74, 6) is 0.524. The van der Waals surface area contributed by atoms with Crippen molar-refractivity contribution in [3.63, 3.8) is 0 Å². The third-order valence-electron chi connectivity index (χ3n) is 4.76. The Morgan fingerprint density at radius 2 is 1.90 bits per heavy atom. The third-order valence-corrected chi connectivity index (χ3v) is 5.64. The molecule has 6 nitrogen and oxygen atoms in total. The molecule has 152 valence electrons. The molecular weight excluding hydrogens is 400 g/mol. The lowest BCUT2D eigenvalue weighted by Crippen LogP contribution is -2.30. The van der Waals surface area contributed by atoms with Crippen molar-refractivity contribution in [2.24, 2.45) is 0 Å². The number of nitrogens with zero attached hydrogens (tertiary/aromatic N) is 2. The molecule has 1 atom stereocenters. The molecule has 0 unspecified atom stereocenters. The highest BCUT2D eigenvalue weighted by atomic mass is 32.1. The molecule has 4 rings (SSSR count). The lowest BCUT2D eigenvalue weighted by molar-refractivity contribution is 0.0914. The highest BCUT2D eigenvalue weighted by Gasteiger charge is 2.15. The second-order valence-corrected chi connectivity index (χ2v) is 7.80. The van der Waals surface area contributed by atoms with Gasteiger partial charge >= 0.3 is 0 Å². The van der Waals surface area contributed by atoms with Crippen LogP contribution in [0.2, 0.25) is 0 Å². The van der Waals surface area contributed by atoms with Gasteiger partial charge in [0, 0.05) is 16.5 Å². The zero-order valence-corrected chi connectivity index (χ0v) is 17.1. The summed E-state index contributed by atoms with van der Waals surface area (Å²) < 4.78 is 7.00. The normalized spacial score (nSPS) is 12.1. The van der Waals surface area contributed by atoms with Gasteiger partial charge in [-0.3, -0.25) is 14.2 Å². The molecular formula is C23H20N2O4S. The number of ether oxygens (including phenoxy) is 1. The SMILES string of the molecule is CC(=O)c1ccc(OC[C@@H](O)Cn2cnc3scc(-c4ccccc4)c3c2=O)cc1. The van der Waals surface area contributed by atoms with Crippen molar-refractivity contribution < 1.29 is 14.6 Å². The predicted molar refractivity (Wildman–Crippen MR) is 117 cm³/mol. The highest BCUT2D eigenvalue weighted by molar-refractivity contribution is 7.17. The molecule has 0 aliphatic carbocycles. The summed E-state index contributed by atoms with van der Waals surface area (Å²) in [7, 11) is 0. The number of carbonyl (C=O) groups excluding carboxylic acids is 1. The van der Waals surface area contributed by atoms with Gasteiger partial charge in [-0.25, -0.2) is 4.98 Å². The van der Waals surface area contributed by atoms with E-state index in [-0.39, 0.29) is 24.5 Å². The minimum absolute atomic E-state index is 0.0130. The van der Waals surface area contributed by atoms with E-state index in [0.717, 1.165) is 11.1 Å². The summed E-state index contributed by atoms with van der Waals surface area (Å²) in [6, 6.07) is 16.4. The zero-order chi connectivity index (χ0) is 21.1. The fourth-order valence-corrected chi connectivity index (χ4v) is 4.09.